The van der Waals surface area contributed by atoms with Gasteiger partial charge in [-0.05, 0) is 24.1 Å². The van der Waals surface area contributed by atoms with Crippen LogP contribution in [0.2, 0.25) is 0 Å². The SMILES string of the molecule is CN1CCc2cc(C(=O)Nc3c(F)cc(F)cc3F)sc2-c2cc(F)c(F)cc21. The molecule has 150 valence electrons. The number of hydrogen-bond donors (Lipinski definition) is 1. The van der Waals surface area contributed by atoms with Crippen LogP contribution in [0, 0.1) is 29.1 Å². The van der Waals surface area contributed by atoms with E-state index in [0.717, 1.165) is 29.0 Å². The van der Waals surface area contributed by atoms with Crippen LogP contribution in [0.15, 0.2) is 30.3 Å². The molecule has 9 heteroatoms. The summed E-state index contributed by atoms with van der Waals surface area (Å²) in [5.74, 6) is -6.35. The molecule has 29 heavy (non-hydrogen) atoms. The average Bonchev–Trinajstić information content (AvgIpc) is 3.04. The zero-order chi connectivity index (χ0) is 20.9. The van der Waals surface area contributed by atoms with Gasteiger partial charge in [0.2, 0.25) is 0 Å². The number of rotatable bonds is 2. The number of amides is 1. The molecule has 0 radical (unpaired) electrons. The van der Waals surface area contributed by atoms with E-state index in [4.69, 9.17) is 0 Å². The number of halogens is 5. The van der Waals surface area contributed by atoms with Crippen molar-refractivity contribution in [2.45, 2.75) is 6.42 Å². The number of thiophene rings is 1. The summed E-state index contributed by atoms with van der Waals surface area (Å²) >= 11 is 1.00. The molecule has 3 nitrogen and oxygen atoms in total. The van der Waals surface area contributed by atoms with Crippen LogP contribution < -0.4 is 10.2 Å². The number of fused-ring (bicyclic) bond motifs is 3. The standard InChI is InChI=1S/C20H13F5N2OS/c1-27-3-2-9-4-17(20(28)26-18-14(24)5-10(21)6-15(18)25)29-19(9)11-7-12(22)13(23)8-16(11)27/h4-8H,2-3H2,1H3,(H,26,28). The molecule has 0 saturated heterocycles. The van der Waals surface area contributed by atoms with E-state index in [1.807, 2.05) is 0 Å². The Morgan fingerprint density at radius 2 is 1.62 bits per heavy atom. The molecule has 0 fully saturated rings. The molecule has 1 amide bonds. The normalized spacial score (nSPS) is 13.0. The molecule has 1 aromatic heterocycles. The zero-order valence-corrected chi connectivity index (χ0v) is 15.8. The fourth-order valence-electron chi connectivity index (χ4n) is 3.23. The van der Waals surface area contributed by atoms with Crippen LogP contribution in [0.1, 0.15) is 15.2 Å². The second-order valence-electron chi connectivity index (χ2n) is 6.62. The second-order valence-corrected chi connectivity index (χ2v) is 7.67. The predicted octanol–water partition coefficient (Wildman–Crippen LogP) is 5.36. The molecule has 0 atom stereocenters. The Bertz CT molecular complexity index is 1120. The average molecular weight is 424 g/mol. The molecule has 2 aromatic carbocycles. The van der Waals surface area contributed by atoms with Gasteiger partial charge in [0.05, 0.1) is 4.88 Å². The number of nitrogens with zero attached hydrogens (tertiary/aromatic N) is 1. The van der Waals surface area contributed by atoms with Gasteiger partial charge in [-0.15, -0.1) is 11.3 Å². The molecule has 3 aromatic rings. The first-order valence-electron chi connectivity index (χ1n) is 8.53. The van der Waals surface area contributed by atoms with E-state index in [1.165, 1.54) is 0 Å². The molecule has 0 bridgehead atoms. The van der Waals surface area contributed by atoms with Gasteiger partial charge in [-0.2, -0.15) is 0 Å². The van der Waals surface area contributed by atoms with Crippen LogP contribution in [-0.4, -0.2) is 19.5 Å². The summed E-state index contributed by atoms with van der Waals surface area (Å²) in [5.41, 5.74) is 0.888. The summed E-state index contributed by atoms with van der Waals surface area (Å²) in [6.45, 7) is 0.504. The molecule has 2 heterocycles. The Hall–Kier alpha value is -2.94. The van der Waals surface area contributed by atoms with Crippen LogP contribution in [0.5, 0.6) is 0 Å². The number of anilines is 2. The topological polar surface area (TPSA) is 32.3 Å². The maximum atomic E-state index is 13.9. The predicted molar refractivity (Wildman–Crippen MR) is 101 cm³/mol. The minimum absolute atomic E-state index is 0.137. The van der Waals surface area contributed by atoms with Crippen molar-refractivity contribution in [2.75, 3.05) is 23.8 Å². The van der Waals surface area contributed by atoms with Crippen LogP contribution >= 0.6 is 11.3 Å². The third-order valence-corrected chi connectivity index (χ3v) is 5.90. The molecule has 0 unspecified atom stereocenters. The lowest BCUT2D eigenvalue weighted by atomic mass is 10.1. The maximum Gasteiger partial charge on any atom is 0.265 e. The number of nitrogens with one attached hydrogen (secondary N) is 1. The van der Waals surface area contributed by atoms with Crippen molar-refractivity contribution in [3.8, 4) is 10.4 Å². The summed E-state index contributed by atoms with van der Waals surface area (Å²) in [4.78, 5) is 15.0. The van der Waals surface area contributed by atoms with Crippen molar-refractivity contribution in [2.24, 2.45) is 0 Å². The number of likely N-dealkylation sites (N-methyl/N-ethyl adjacent to an activating group) is 1. The highest BCUT2D eigenvalue weighted by Crippen LogP contribution is 2.42. The largest absolute Gasteiger partial charge is 0.374 e. The molecular formula is C20H13F5N2OS. The molecule has 1 N–H and O–H groups in total. The summed E-state index contributed by atoms with van der Waals surface area (Å²) < 4.78 is 68.2. The molecular weight excluding hydrogens is 411 g/mol. The van der Waals surface area contributed by atoms with Gasteiger partial charge in [-0.25, -0.2) is 22.0 Å². The van der Waals surface area contributed by atoms with Crippen LogP contribution in [0.3, 0.4) is 0 Å². The summed E-state index contributed by atoms with van der Waals surface area (Å²) in [6, 6.07) is 4.65. The zero-order valence-electron chi connectivity index (χ0n) is 15.0. The van der Waals surface area contributed by atoms with E-state index in [2.05, 4.69) is 5.32 Å². The number of hydrogen-bond acceptors (Lipinski definition) is 3. The van der Waals surface area contributed by atoms with Gasteiger partial charge in [0.25, 0.3) is 5.91 Å². The summed E-state index contributed by atoms with van der Waals surface area (Å²) in [5, 5.41) is 2.11. The van der Waals surface area contributed by atoms with Crippen molar-refractivity contribution >= 4 is 28.6 Å². The van der Waals surface area contributed by atoms with E-state index in [-0.39, 0.29) is 4.88 Å². The molecule has 0 aliphatic carbocycles. The van der Waals surface area contributed by atoms with Crippen LogP contribution in [-0.2, 0) is 6.42 Å². The lowest BCUT2D eigenvalue weighted by Gasteiger charge is -2.19. The first kappa shape index (κ1) is 19.4. The highest BCUT2D eigenvalue weighted by molar-refractivity contribution is 7.17. The maximum absolute atomic E-state index is 13.9. The minimum atomic E-state index is -1.24. The third kappa shape index (κ3) is 3.46. The first-order chi connectivity index (χ1) is 13.7. The molecule has 1 aliphatic rings. The lowest BCUT2D eigenvalue weighted by Crippen LogP contribution is -2.19. The smallest absolute Gasteiger partial charge is 0.265 e. The van der Waals surface area contributed by atoms with Crippen LogP contribution in [0.4, 0.5) is 33.3 Å². The Kier molecular flexibility index (Phi) is 4.77. The van der Waals surface area contributed by atoms with E-state index >= 15 is 0 Å². The molecule has 4 rings (SSSR count). The van der Waals surface area contributed by atoms with Gasteiger partial charge in [-0.1, -0.05) is 0 Å². The van der Waals surface area contributed by atoms with E-state index < -0.39 is 40.7 Å². The van der Waals surface area contributed by atoms with E-state index in [9.17, 15) is 26.7 Å². The highest BCUT2D eigenvalue weighted by Gasteiger charge is 2.25. The van der Waals surface area contributed by atoms with Crippen molar-refractivity contribution < 1.29 is 26.7 Å². The monoisotopic (exact) mass is 424 g/mol. The van der Waals surface area contributed by atoms with E-state index in [0.29, 0.717) is 41.2 Å². The highest BCUT2D eigenvalue weighted by atomic mass is 32.1. The molecule has 0 spiro atoms. The van der Waals surface area contributed by atoms with Gasteiger partial charge in [0.15, 0.2) is 23.3 Å². The van der Waals surface area contributed by atoms with Gasteiger partial charge in [0.1, 0.15) is 11.5 Å². The fraction of sp³-hybridized carbons (Fsp3) is 0.150. The Balaban J connectivity index is 1.73. The van der Waals surface area contributed by atoms with Crippen molar-refractivity contribution in [1.29, 1.82) is 0 Å². The Labute approximate surface area is 166 Å². The summed E-state index contributed by atoms with van der Waals surface area (Å²) in [6.07, 6.45) is 0.507. The Morgan fingerprint density at radius 1 is 0.966 bits per heavy atom. The number of carbonyl (C=O) groups excluding carboxylic acids is 1. The van der Waals surface area contributed by atoms with Gasteiger partial charge >= 0.3 is 0 Å². The molecule has 0 saturated carbocycles. The van der Waals surface area contributed by atoms with Gasteiger partial charge in [-0.3, -0.25) is 4.79 Å². The first-order valence-corrected chi connectivity index (χ1v) is 9.35. The number of benzene rings is 2. The van der Waals surface area contributed by atoms with Crippen molar-refractivity contribution in [1.82, 2.24) is 0 Å². The second kappa shape index (κ2) is 7.14. The van der Waals surface area contributed by atoms with Crippen LogP contribution in [0.25, 0.3) is 10.4 Å². The minimum Gasteiger partial charge on any atom is -0.374 e. The van der Waals surface area contributed by atoms with E-state index in [1.54, 1.807) is 18.0 Å². The molecule has 1 aliphatic heterocycles. The third-order valence-electron chi connectivity index (χ3n) is 4.69. The lowest BCUT2D eigenvalue weighted by molar-refractivity contribution is 0.102. The van der Waals surface area contributed by atoms with Gasteiger partial charge in [0, 0.05) is 47.9 Å². The summed E-state index contributed by atoms with van der Waals surface area (Å²) in [7, 11) is 1.75. The quantitative estimate of drug-likeness (QED) is 0.562. The number of carbonyl (C=O) groups is 1. The van der Waals surface area contributed by atoms with Gasteiger partial charge < -0.3 is 10.2 Å². The van der Waals surface area contributed by atoms with Crippen molar-refractivity contribution in [3.05, 3.63) is 69.9 Å². The fourth-order valence-corrected chi connectivity index (χ4v) is 4.36. The van der Waals surface area contributed by atoms with Crippen molar-refractivity contribution in [3.63, 3.8) is 0 Å². The Morgan fingerprint density at radius 3 is 2.31 bits per heavy atom.